The van der Waals surface area contributed by atoms with Gasteiger partial charge in [0.2, 0.25) is 53.2 Å². The number of aliphatic hydroxyl groups excluding tert-OH is 21. The zero-order valence-corrected chi connectivity index (χ0v) is 69.6. The van der Waals surface area contributed by atoms with Gasteiger partial charge in [-0.05, 0) is 17.7 Å². The van der Waals surface area contributed by atoms with E-state index in [0.717, 1.165) is 34.8 Å². The molecule has 129 heavy (non-hydrogen) atoms. The van der Waals surface area contributed by atoms with Crippen LogP contribution in [0.25, 0.3) is 0 Å². The third-order valence-corrected chi connectivity index (χ3v) is 21.8. The normalized spacial score (nSPS) is 37.7. The maximum atomic E-state index is 14.5. The van der Waals surface area contributed by atoms with Crippen LogP contribution in [0, 0.1) is 0 Å². The highest BCUT2D eigenvalue weighted by Crippen LogP contribution is 2.39. The second kappa shape index (κ2) is 48.8. The lowest BCUT2D eigenvalue weighted by Crippen LogP contribution is -2.71. The second-order valence-electron chi connectivity index (χ2n) is 31.1. The predicted octanol–water partition coefficient (Wildman–Crippen LogP) is -20.8. The molecular weight excluding hydrogens is 1750 g/mol. The van der Waals surface area contributed by atoms with Crippen molar-refractivity contribution in [2.45, 2.75) is 285 Å². The number of nitrogens with one attached hydrogen (secondary N) is 9. The zero-order valence-electron chi connectivity index (χ0n) is 69.6. The van der Waals surface area contributed by atoms with E-state index in [4.69, 9.17) is 72.0 Å². The van der Waals surface area contributed by atoms with Crippen LogP contribution in [0.15, 0.2) is 24.3 Å². The van der Waals surface area contributed by atoms with E-state index in [1.165, 1.54) is 24.3 Å². The Bertz CT molecular complexity index is 3830. The van der Waals surface area contributed by atoms with Gasteiger partial charge in [-0.1, -0.05) is 12.1 Å². The maximum absolute atomic E-state index is 14.5. The molecule has 0 bridgehead atoms. The molecule has 40 atom stereocenters. The molecule has 8 rings (SSSR count). The Kier molecular flexibility index (Phi) is 40.4. The van der Waals surface area contributed by atoms with Crippen molar-refractivity contribution in [1.29, 1.82) is 0 Å². The molecule has 7 aliphatic rings. The van der Waals surface area contributed by atoms with Gasteiger partial charge in [0.1, 0.15) is 207 Å². The van der Waals surface area contributed by atoms with Crippen LogP contribution >= 0.6 is 0 Å². The van der Waals surface area contributed by atoms with E-state index in [-0.39, 0.29) is 12.2 Å². The minimum atomic E-state index is -2.59. The zero-order chi connectivity index (χ0) is 95.6. The van der Waals surface area contributed by atoms with E-state index in [0.29, 0.717) is 5.56 Å². The number of aromatic hydroxyl groups is 1. The number of rotatable bonds is 40. The van der Waals surface area contributed by atoms with Crippen molar-refractivity contribution in [3.05, 3.63) is 29.8 Å². The van der Waals surface area contributed by atoms with Crippen LogP contribution in [-0.4, -0.2) is 489 Å². The number of amides is 9. The van der Waals surface area contributed by atoms with Crippen molar-refractivity contribution < 1.29 is 227 Å². The lowest BCUT2D eigenvalue weighted by atomic mass is 9.93. The average molecular weight is 1870 g/mol. The quantitative estimate of drug-likeness (QED) is 0.0271. The maximum Gasteiger partial charge on any atom is 0.328 e. The Morgan fingerprint density at radius 2 is 0.713 bits per heavy atom. The smallest absolute Gasteiger partial charge is 0.328 e. The molecule has 7 saturated heterocycles. The van der Waals surface area contributed by atoms with Gasteiger partial charge in [0.25, 0.3) is 0 Å². The third-order valence-electron chi connectivity index (χ3n) is 21.8. The second-order valence-corrected chi connectivity index (χ2v) is 31.1. The van der Waals surface area contributed by atoms with Gasteiger partial charge < -0.3 is 232 Å². The Labute approximate surface area is 731 Å². The Hall–Kier alpha value is -7.68. The van der Waals surface area contributed by atoms with Crippen LogP contribution in [0.4, 0.5) is 0 Å². The summed E-state index contributed by atoms with van der Waals surface area (Å²) in [5, 5.41) is 263. The van der Waals surface area contributed by atoms with Gasteiger partial charge in [-0.2, -0.15) is 0 Å². The molecule has 734 valence electrons. The summed E-state index contributed by atoms with van der Waals surface area (Å²) >= 11 is 0. The molecule has 1 aromatic carbocycles. The highest BCUT2D eigenvalue weighted by atomic mass is 16.8. The molecule has 7 fully saturated rings. The van der Waals surface area contributed by atoms with Crippen LogP contribution < -0.4 is 53.6 Å². The van der Waals surface area contributed by atoms with Crippen molar-refractivity contribution in [2.24, 2.45) is 5.73 Å². The summed E-state index contributed by atoms with van der Waals surface area (Å²) in [7, 11) is 0.939. The molecule has 0 aromatic heterocycles. The molecule has 0 aliphatic carbocycles. The summed E-state index contributed by atoms with van der Waals surface area (Å²) < 4.78 is 83.0. The summed E-state index contributed by atoms with van der Waals surface area (Å²) in [6, 6.07) is -11.9. The minimum Gasteiger partial charge on any atom is -0.508 e. The van der Waals surface area contributed by atoms with E-state index in [2.05, 4.69) is 37.2 Å². The van der Waals surface area contributed by atoms with Gasteiger partial charge in [-0.15, -0.1) is 0 Å². The number of phenolic OH excluding ortho intramolecular Hbond substituents is 1. The molecule has 56 nitrogen and oxygen atoms in total. The SMILES string of the molecule is COC(=O)[C@H](Cc1ccc(O)cc1)NC(=O)[C@H](CC(=O)N[C@@H]1O[C@H](CO)[C@@H](O[C@@H]2O[C@H](CO)[C@@H](O[C@@H]3O[C@H](CO[C@H]4O[C@H](CO)[C@@H](O)[C@H](O)[C@@H]4O[C@@H]4O[C@H](CO)[C@@H](O)[C@H](O)[C@H]4NC(C)=O)[C@@H](O)[C@H](O[C@H]4O[C@H](CO)[C@@H](O)[C@H](O)[C@@H]4O[C@@H]4O[C@H](CO)[C@@H](O)[C@H](O)[C@H]4NC(C)=O)[C@@H]3O)[C@H](O)[C@H]2NC(C)=O)[C@H](O)[C@H]1NC(C)=O)NC(=O)[C@H](CO)NC(=O)[C@H](CO)NC(=O)[C@@H](N)CO. The summed E-state index contributed by atoms with van der Waals surface area (Å²) in [5.41, 5.74) is 5.80. The van der Waals surface area contributed by atoms with Crippen molar-refractivity contribution >= 4 is 59.1 Å². The van der Waals surface area contributed by atoms with Gasteiger partial charge in [0, 0.05) is 34.1 Å². The molecule has 56 heteroatoms. The van der Waals surface area contributed by atoms with Crippen molar-refractivity contribution in [3.8, 4) is 5.75 Å². The lowest BCUT2D eigenvalue weighted by Gasteiger charge is -2.51. The number of aliphatic hydroxyl groups is 21. The number of benzene rings is 1. The van der Waals surface area contributed by atoms with Crippen LogP contribution in [0.5, 0.6) is 5.75 Å². The van der Waals surface area contributed by atoms with Gasteiger partial charge in [-0.3, -0.25) is 43.2 Å². The van der Waals surface area contributed by atoms with Gasteiger partial charge in [0.15, 0.2) is 44.0 Å². The fraction of sp³-hybridized carbons (Fsp3) is 0.781. The molecule has 0 saturated carbocycles. The molecule has 33 N–H and O–H groups in total. The van der Waals surface area contributed by atoms with Crippen LogP contribution in [-0.2, 0) is 121 Å². The third kappa shape index (κ3) is 26.7. The number of hydrogen-bond acceptors (Lipinski definition) is 47. The number of phenols is 1. The first kappa shape index (κ1) is 107. The van der Waals surface area contributed by atoms with Crippen LogP contribution in [0.3, 0.4) is 0 Å². The summed E-state index contributed by atoms with van der Waals surface area (Å²) in [5.74, 6) is -11.8. The van der Waals surface area contributed by atoms with E-state index in [1.54, 1.807) is 0 Å². The number of carbonyl (C=O) groups excluding carboxylic acids is 10. The first-order valence-corrected chi connectivity index (χ1v) is 40.4. The topological polar surface area (TPSA) is 879 Å². The summed E-state index contributed by atoms with van der Waals surface area (Å²) in [4.78, 5) is 133. The highest BCUT2D eigenvalue weighted by Gasteiger charge is 2.60. The van der Waals surface area contributed by atoms with E-state index in [1.807, 2.05) is 10.6 Å². The summed E-state index contributed by atoms with van der Waals surface area (Å²) in [6.07, 6.45) is -67.8. The number of hydrogen-bond donors (Lipinski definition) is 32. The van der Waals surface area contributed by atoms with E-state index in [9.17, 15) is 160 Å². The first-order chi connectivity index (χ1) is 61.0. The van der Waals surface area contributed by atoms with Gasteiger partial charge in [-0.25, -0.2) is 4.79 Å². The van der Waals surface area contributed by atoms with Gasteiger partial charge in [0.05, 0.1) is 79.6 Å². The first-order valence-electron chi connectivity index (χ1n) is 40.4. The molecule has 0 spiro atoms. The number of esters is 1. The predicted molar refractivity (Wildman–Crippen MR) is 410 cm³/mol. The lowest BCUT2D eigenvalue weighted by molar-refractivity contribution is -0.395. The van der Waals surface area contributed by atoms with Crippen LogP contribution in [0.1, 0.15) is 39.7 Å². The van der Waals surface area contributed by atoms with Crippen molar-refractivity contribution in [2.75, 3.05) is 73.2 Å². The monoisotopic (exact) mass is 1870 g/mol. The Morgan fingerprint density at radius 1 is 0.357 bits per heavy atom. The molecule has 7 heterocycles. The molecule has 9 amide bonds. The Morgan fingerprint density at radius 3 is 1.16 bits per heavy atom. The van der Waals surface area contributed by atoms with E-state index >= 15 is 0 Å². The molecule has 7 aliphatic heterocycles. The molecule has 1 aromatic rings. The van der Waals surface area contributed by atoms with Crippen molar-refractivity contribution in [1.82, 2.24) is 47.9 Å². The standard InChI is InChI=1S/C73H116N10O46/c1-22(93)75-41-52(106)57(37(19-91)118-66(41)83-40(98)11-29(63(112)80-30(67(115)116-5)10-26-6-8-27(97)9-7-26)79-64(113)32(14-86)82-65(114)31(13-85)81-62(111)28(74)12-84)125-70-44(78-25(4)96)53(107)58(38(20-92)123-70)126-71-56(110)59(127-73-61(55(109)48(102)36(18-90)122-73)129-69-43(77-24(3)95)51(105)46(100)34(16-88)120-69)49(103)39(124-71)21-117-72-60(54(108)47(101)35(17-89)121-72)128-68-42(76-23(2)94)50(104)45(99)33(15-87)119-68/h6-9,28-39,41-61,66,68-73,84-92,97,99-110H,10-21,74H2,1-5H3,(H,75,93)(H,76,94)(H,77,95)(H,78,96)(H,79,113)(H,80,112)(H,81,111)(H,82,114)(H,83,98)/t28-,29-,30-,31-,32-,33+,34+,35+,36+,37+,38+,39+,41+,42+,43+,44+,45+,46+,47+,48+,49+,50+,51+,52+,53+,54-,55-,56-,57+,58+,59-,60-,61-,66+,68-,69-,70-,71-,72-,73+/m0/s1. The van der Waals surface area contributed by atoms with Crippen molar-refractivity contribution in [3.63, 3.8) is 0 Å². The number of methoxy groups -OCH3 is 1. The molecular formula is C73H116N10O46. The molecule has 0 radical (unpaired) electrons. The molecule has 0 unspecified atom stereocenters. The van der Waals surface area contributed by atoms with Crippen LogP contribution in [0.2, 0.25) is 0 Å². The number of nitrogens with two attached hydrogens (primary N) is 1. The fourth-order valence-electron chi connectivity index (χ4n) is 15.0. The fourth-order valence-corrected chi connectivity index (χ4v) is 15.0. The largest absolute Gasteiger partial charge is 0.508 e. The van der Waals surface area contributed by atoms with Gasteiger partial charge >= 0.3 is 5.97 Å². The van der Waals surface area contributed by atoms with E-state index < -0.39 is 376 Å². The minimum absolute atomic E-state index is 0.201. The Balaban J connectivity index is 1.10. The highest BCUT2D eigenvalue weighted by molar-refractivity contribution is 5.97. The number of ether oxygens (including phenoxy) is 14. The number of carbonyl (C=O) groups is 10. The summed E-state index contributed by atoms with van der Waals surface area (Å²) in [6.45, 7) is -7.65. The average Bonchev–Trinajstić information content (AvgIpc) is 0.753.